The van der Waals surface area contributed by atoms with Crippen molar-refractivity contribution in [2.45, 2.75) is 32.4 Å². The van der Waals surface area contributed by atoms with Crippen molar-refractivity contribution >= 4 is 0 Å². The minimum Gasteiger partial charge on any atom is -0.497 e. The van der Waals surface area contributed by atoms with Gasteiger partial charge in [-0.15, -0.1) is 0 Å². The number of benzene rings is 1. The van der Waals surface area contributed by atoms with Crippen LogP contribution in [0.25, 0.3) is 0 Å². The van der Waals surface area contributed by atoms with Crippen molar-refractivity contribution in [2.24, 2.45) is 0 Å². The molecule has 2 rings (SSSR count). The van der Waals surface area contributed by atoms with Crippen LogP contribution in [0.4, 0.5) is 0 Å². The van der Waals surface area contributed by atoms with Crippen LogP contribution in [0.2, 0.25) is 0 Å². The number of hydrogen-bond donors (Lipinski definition) is 1. The summed E-state index contributed by atoms with van der Waals surface area (Å²) < 4.78 is 5.18. The smallest absolute Gasteiger partial charge is 0.118 e. The van der Waals surface area contributed by atoms with Gasteiger partial charge in [-0.05, 0) is 38.0 Å². The maximum Gasteiger partial charge on any atom is 0.118 e. The van der Waals surface area contributed by atoms with Gasteiger partial charge in [0.05, 0.1) is 13.2 Å². The number of piperazine rings is 1. The molecule has 0 unspecified atom stereocenters. The predicted molar refractivity (Wildman–Crippen MR) is 85.9 cm³/mol. The Hall–Kier alpha value is -1.10. The zero-order valence-electron chi connectivity index (χ0n) is 13.5. The van der Waals surface area contributed by atoms with Crippen molar-refractivity contribution in [2.75, 3.05) is 39.8 Å². The predicted octanol–water partition coefficient (Wildman–Crippen LogP) is 1.62. The fraction of sp³-hybridized carbons (Fsp3) is 0.647. The first-order valence-electron chi connectivity index (χ1n) is 7.86. The van der Waals surface area contributed by atoms with E-state index in [0.29, 0.717) is 6.04 Å². The van der Waals surface area contributed by atoms with Crippen molar-refractivity contribution in [3.05, 3.63) is 29.8 Å². The minimum absolute atomic E-state index is 0.238. The molecule has 1 fully saturated rings. The average molecular weight is 292 g/mol. The lowest BCUT2D eigenvalue weighted by molar-refractivity contribution is 0.0456. The highest BCUT2D eigenvalue weighted by Gasteiger charge is 2.23. The summed E-state index contributed by atoms with van der Waals surface area (Å²) >= 11 is 0. The van der Waals surface area contributed by atoms with Crippen LogP contribution in [-0.4, -0.2) is 66.9 Å². The lowest BCUT2D eigenvalue weighted by atomic mass is 10.1. The van der Waals surface area contributed by atoms with Gasteiger partial charge in [-0.1, -0.05) is 12.1 Å². The van der Waals surface area contributed by atoms with Crippen LogP contribution < -0.4 is 4.74 Å². The number of methoxy groups -OCH3 is 1. The highest BCUT2D eigenvalue weighted by Crippen LogP contribution is 2.14. The first kappa shape index (κ1) is 16.3. The van der Waals surface area contributed by atoms with E-state index in [1.807, 2.05) is 19.1 Å². The molecule has 1 aliphatic heterocycles. The molecule has 1 saturated heterocycles. The van der Waals surface area contributed by atoms with Gasteiger partial charge in [-0.25, -0.2) is 0 Å². The summed E-state index contributed by atoms with van der Waals surface area (Å²) in [4.78, 5) is 4.90. The molecule has 1 aliphatic rings. The monoisotopic (exact) mass is 292 g/mol. The number of β-amino-alcohol motifs (C(OH)–C–C–N with tert-alkyl or cyclic N) is 1. The molecule has 0 amide bonds. The van der Waals surface area contributed by atoms with E-state index in [-0.39, 0.29) is 6.10 Å². The second-order valence-electron chi connectivity index (χ2n) is 6.09. The maximum atomic E-state index is 9.52. The van der Waals surface area contributed by atoms with E-state index >= 15 is 0 Å². The van der Waals surface area contributed by atoms with E-state index < -0.39 is 0 Å². The molecule has 118 valence electrons. The van der Waals surface area contributed by atoms with Gasteiger partial charge < -0.3 is 14.7 Å². The molecule has 0 saturated carbocycles. The molecule has 1 aromatic rings. The third kappa shape index (κ3) is 4.99. The first-order valence-corrected chi connectivity index (χ1v) is 7.86. The van der Waals surface area contributed by atoms with Gasteiger partial charge in [0.2, 0.25) is 0 Å². The van der Waals surface area contributed by atoms with Crippen molar-refractivity contribution in [3.8, 4) is 5.75 Å². The van der Waals surface area contributed by atoms with Crippen LogP contribution in [0.3, 0.4) is 0 Å². The molecule has 1 aromatic carbocycles. The van der Waals surface area contributed by atoms with Gasteiger partial charge in [-0.3, -0.25) is 4.90 Å². The average Bonchev–Trinajstić information content (AvgIpc) is 2.48. The molecule has 4 nitrogen and oxygen atoms in total. The van der Waals surface area contributed by atoms with E-state index in [1.54, 1.807) is 7.11 Å². The fourth-order valence-corrected chi connectivity index (χ4v) is 2.96. The first-order chi connectivity index (χ1) is 10.1. The number of ether oxygens (including phenoxy) is 1. The van der Waals surface area contributed by atoms with E-state index in [2.05, 4.69) is 28.9 Å². The van der Waals surface area contributed by atoms with Gasteiger partial charge >= 0.3 is 0 Å². The summed E-state index contributed by atoms with van der Waals surface area (Å²) in [6, 6.07) is 8.86. The molecule has 0 bridgehead atoms. The maximum absolute atomic E-state index is 9.52. The molecule has 0 radical (unpaired) electrons. The van der Waals surface area contributed by atoms with Crippen molar-refractivity contribution in [1.29, 1.82) is 0 Å². The van der Waals surface area contributed by atoms with Crippen molar-refractivity contribution in [1.82, 2.24) is 9.80 Å². The highest BCUT2D eigenvalue weighted by atomic mass is 16.5. The zero-order valence-corrected chi connectivity index (χ0v) is 13.5. The normalized spacial score (nSPS) is 22.2. The van der Waals surface area contributed by atoms with Crippen LogP contribution in [-0.2, 0) is 6.42 Å². The van der Waals surface area contributed by atoms with Gasteiger partial charge in [0, 0.05) is 38.8 Å². The summed E-state index contributed by atoms with van der Waals surface area (Å²) in [5.74, 6) is 0.916. The fourth-order valence-electron chi connectivity index (χ4n) is 2.96. The second kappa shape index (κ2) is 7.78. The summed E-state index contributed by atoms with van der Waals surface area (Å²) in [5.41, 5.74) is 1.36. The quantitative estimate of drug-likeness (QED) is 0.864. The third-order valence-corrected chi connectivity index (χ3v) is 4.22. The third-order valence-electron chi connectivity index (χ3n) is 4.22. The molecular formula is C17H28N2O2. The van der Waals surface area contributed by atoms with E-state index in [0.717, 1.165) is 44.9 Å². The van der Waals surface area contributed by atoms with E-state index in [4.69, 9.17) is 4.74 Å². The molecule has 1 heterocycles. The topological polar surface area (TPSA) is 35.9 Å². The molecule has 0 aliphatic carbocycles. The van der Waals surface area contributed by atoms with Gasteiger partial charge in [0.15, 0.2) is 0 Å². The highest BCUT2D eigenvalue weighted by molar-refractivity contribution is 5.27. The van der Waals surface area contributed by atoms with Crippen LogP contribution in [0.15, 0.2) is 24.3 Å². The van der Waals surface area contributed by atoms with E-state index in [9.17, 15) is 5.11 Å². The molecule has 0 spiro atoms. The number of hydrogen-bond acceptors (Lipinski definition) is 4. The lowest BCUT2D eigenvalue weighted by Gasteiger charge is -2.40. The van der Waals surface area contributed by atoms with Crippen molar-refractivity contribution < 1.29 is 9.84 Å². The molecule has 1 N–H and O–H groups in total. The van der Waals surface area contributed by atoms with Crippen LogP contribution in [0.1, 0.15) is 19.4 Å². The Morgan fingerprint density at radius 1 is 1.29 bits per heavy atom. The van der Waals surface area contributed by atoms with Crippen LogP contribution in [0, 0.1) is 0 Å². The Morgan fingerprint density at radius 3 is 2.57 bits per heavy atom. The Kier molecular flexibility index (Phi) is 6.03. The lowest BCUT2D eigenvalue weighted by Crippen LogP contribution is -2.53. The number of aliphatic hydroxyl groups excluding tert-OH is 1. The Bertz CT molecular complexity index is 419. The second-order valence-corrected chi connectivity index (χ2v) is 6.09. The number of aliphatic hydroxyl groups is 1. The summed E-state index contributed by atoms with van der Waals surface area (Å²) in [6.45, 7) is 9.22. The molecule has 4 heteroatoms. The molecular weight excluding hydrogens is 264 g/mol. The van der Waals surface area contributed by atoms with Crippen molar-refractivity contribution in [3.63, 3.8) is 0 Å². The molecule has 21 heavy (non-hydrogen) atoms. The molecule has 0 aromatic heterocycles. The van der Waals surface area contributed by atoms with Gasteiger partial charge in [-0.2, -0.15) is 0 Å². The minimum atomic E-state index is -0.238. The SMILES string of the molecule is COc1ccc(CCN2CCN(C[C@@H](C)O)[C@@H](C)C2)cc1. The van der Waals surface area contributed by atoms with Crippen LogP contribution in [0.5, 0.6) is 5.75 Å². The standard InChI is InChI=1S/C17H28N2O2/c1-14-12-18(10-11-19(14)13-15(2)20)9-8-16-4-6-17(21-3)7-5-16/h4-7,14-15,20H,8-13H2,1-3H3/t14-,15+/m0/s1. The Labute approximate surface area is 128 Å². The summed E-state index contributed by atoms with van der Waals surface area (Å²) in [5, 5.41) is 9.52. The summed E-state index contributed by atoms with van der Waals surface area (Å²) in [6.07, 6.45) is 0.839. The Morgan fingerprint density at radius 2 is 2.00 bits per heavy atom. The number of nitrogens with zero attached hydrogens (tertiary/aromatic N) is 2. The van der Waals surface area contributed by atoms with Gasteiger partial charge in [0.1, 0.15) is 5.75 Å². The number of rotatable bonds is 6. The van der Waals surface area contributed by atoms with E-state index in [1.165, 1.54) is 5.56 Å². The zero-order chi connectivity index (χ0) is 15.2. The van der Waals surface area contributed by atoms with Gasteiger partial charge in [0.25, 0.3) is 0 Å². The summed E-state index contributed by atoms with van der Waals surface area (Å²) in [7, 11) is 1.70. The Balaban J connectivity index is 1.77. The molecule has 2 atom stereocenters. The largest absolute Gasteiger partial charge is 0.497 e. The van der Waals surface area contributed by atoms with Crippen LogP contribution >= 0.6 is 0 Å².